The van der Waals surface area contributed by atoms with E-state index in [1.807, 2.05) is 30.4 Å². The molecule has 3 rings (SSSR count). The van der Waals surface area contributed by atoms with E-state index < -0.39 is 0 Å². The highest BCUT2D eigenvalue weighted by atomic mass is 32.2. The summed E-state index contributed by atoms with van der Waals surface area (Å²) in [6.07, 6.45) is 0. The van der Waals surface area contributed by atoms with Gasteiger partial charge < -0.3 is 0 Å². The number of Topliss-reactive ketones (excluding diaryl/α,β-unsaturated/α-hetero) is 1. The van der Waals surface area contributed by atoms with Crippen LogP contribution >= 0.6 is 11.8 Å². The van der Waals surface area contributed by atoms with Crippen LogP contribution in [0.25, 0.3) is 5.78 Å². The van der Waals surface area contributed by atoms with Crippen molar-refractivity contribution in [2.45, 2.75) is 58.5 Å². The molecule has 0 fully saturated rings. The molecule has 0 saturated carbocycles. The largest absolute Gasteiger partial charge is 0.293 e. The van der Waals surface area contributed by atoms with Gasteiger partial charge in [0.05, 0.1) is 5.75 Å². The van der Waals surface area contributed by atoms with Gasteiger partial charge in [0.1, 0.15) is 0 Å². The highest BCUT2D eigenvalue weighted by Gasteiger charge is 2.18. The Balaban J connectivity index is 1.84. The molecule has 0 atom stereocenters. The number of rotatable bonds is 6. The molecule has 2 heterocycles. The summed E-state index contributed by atoms with van der Waals surface area (Å²) in [5.74, 6) is 1.77. The molecule has 0 amide bonds. The van der Waals surface area contributed by atoms with Crippen molar-refractivity contribution in [2.24, 2.45) is 0 Å². The maximum absolute atomic E-state index is 12.9. The number of hydrogen-bond acceptors (Lipinski definition) is 5. The third-order valence-corrected chi connectivity index (χ3v) is 5.59. The zero-order valence-electron chi connectivity index (χ0n) is 16.8. The maximum Gasteiger partial charge on any atom is 0.256 e. The summed E-state index contributed by atoms with van der Waals surface area (Å²) >= 11 is 1.41. The van der Waals surface area contributed by atoms with Crippen LogP contribution in [-0.4, -0.2) is 31.1 Å². The van der Waals surface area contributed by atoms with Gasteiger partial charge in [-0.2, -0.15) is 0 Å². The molecule has 0 N–H and O–H groups in total. The van der Waals surface area contributed by atoms with Crippen LogP contribution < -0.4 is 0 Å². The van der Waals surface area contributed by atoms with Gasteiger partial charge in [-0.3, -0.25) is 9.20 Å². The number of benzene rings is 1. The van der Waals surface area contributed by atoms with Crippen LogP contribution in [0.15, 0.2) is 29.4 Å². The van der Waals surface area contributed by atoms with E-state index in [4.69, 9.17) is 0 Å². The predicted molar refractivity (Wildman–Crippen MR) is 110 cm³/mol. The van der Waals surface area contributed by atoms with E-state index in [0.717, 1.165) is 22.5 Å². The molecule has 27 heavy (non-hydrogen) atoms. The summed E-state index contributed by atoms with van der Waals surface area (Å²) < 4.78 is 1.90. The Morgan fingerprint density at radius 2 is 1.81 bits per heavy atom. The molecule has 0 aliphatic heterocycles. The van der Waals surface area contributed by atoms with Crippen LogP contribution in [0.4, 0.5) is 0 Å². The molecule has 0 aliphatic carbocycles. The third-order valence-electron chi connectivity index (χ3n) is 4.66. The molecule has 1 aromatic carbocycles. The monoisotopic (exact) mass is 382 g/mol. The maximum atomic E-state index is 12.9. The van der Waals surface area contributed by atoms with Crippen molar-refractivity contribution in [1.29, 1.82) is 0 Å². The fraction of sp³-hybridized carbons (Fsp3) is 0.429. The van der Waals surface area contributed by atoms with E-state index in [-0.39, 0.29) is 5.78 Å². The zero-order chi connectivity index (χ0) is 19.7. The number of ketones is 1. The summed E-state index contributed by atoms with van der Waals surface area (Å²) in [6, 6.07) is 8.21. The van der Waals surface area contributed by atoms with E-state index in [1.165, 1.54) is 17.3 Å². The number of carbonyl (C=O) groups is 1. The summed E-state index contributed by atoms with van der Waals surface area (Å²) in [4.78, 5) is 17.3. The first kappa shape index (κ1) is 19.5. The van der Waals surface area contributed by atoms with Crippen LogP contribution in [0.2, 0.25) is 0 Å². The van der Waals surface area contributed by atoms with Crippen molar-refractivity contribution >= 4 is 23.3 Å². The van der Waals surface area contributed by atoms with E-state index in [1.54, 1.807) is 0 Å². The van der Waals surface area contributed by atoms with Gasteiger partial charge in [0.15, 0.2) is 10.9 Å². The van der Waals surface area contributed by atoms with Gasteiger partial charge in [-0.15, -0.1) is 10.2 Å². The minimum Gasteiger partial charge on any atom is -0.293 e. The third kappa shape index (κ3) is 4.05. The van der Waals surface area contributed by atoms with Crippen molar-refractivity contribution in [3.8, 4) is 0 Å². The highest BCUT2D eigenvalue weighted by molar-refractivity contribution is 7.99. The standard InChI is InChI=1S/C21H26N4OS/c1-12(2)16-7-8-17(18(10-16)13(3)4)19(26)11-27-21-24-23-20-22-14(5)9-15(6)25(20)21/h7-10,12-13H,11H2,1-6H3. The Bertz CT molecular complexity index is 991. The normalized spacial score (nSPS) is 11.7. The Morgan fingerprint density at radius 3 is 2.48 bits per heavy atom. The van der Waals surface area contributed by atoms with Crippen molar-refractivity contribution in [3.05, 3.63) is 52.3 Å². The molecule has 0 saturated heterocycles. The van der Waals surface area contributed by atoms with Crippen molar-refractivity contribution in [1.82, 2.24) is 19.6 Å². The zero-order valence-corrected chi connectivity index (χ0v) is 17.6. The van der Waals surface area contributed by atoms with Gasteiger partial charge in [0.25, 0.3) is 5.78 Å². The minimum atomic E-state index is 0.119. The molecular weight excluding hydrogens is 356 g/mol. The fourth-order valence-electron chi connectivity index (χ4n) is 3.17. The molecular formula is C21H26N4OS. The van der Waals surface area contributed by atoms with Gasteiger partial charge in [-0.05, 0) is 42.9 Å². The topological polar surface area (TPSA) is 60.2 Å². The predicted octanol–water partition coefficient (Wildman–Crippen LogP) is 4.96. The molecule has 0 radical (unpaired) electrons. The van der Waals surface area contributed by atoms with E-state index in [0.29, 0.717) is 28.5 Å². The number of aryl methyl sites for hydroxylation is 2. The number of carbonyl (C=O) groups excluding carboxylic acids is 1. The lowest BCUT2D eigenvalue weighted by Crippen LogP contribution is -2.09. The average molecular weight is 383 g/mol. The average Bonchev–Trinajstić information content (AvgIpc) is 3.02. The minimum absolute atomic E-state index is 0.119. The fourth-order valence-corrected chi connectivity index (χ4v) is 4.04. The van der Waals surface area contributed by atoms with Crippen LogP contribution in [-0.2, 0) is 0 Å². The lowest BCUT2D eigenvalue weighted by atomic mass is 9.90. The molecule has 0 aliphatic rings. The molecule has 5 nitrogen and oxygen atoms in total. The molecule has 3 aromatic rings. The number of nitrogens with zero attached hydrogens (tertiary/aromatic N) is 4. The Kier molecular flexibility index (Phi) is 5.65. The molecule has 0 bridgehead atoms. The van der Waals surface area contributed by atoms with E-state index in [2.05, 4.69) is 55.0 Å². The van der Waals surface area contributed by atoms with Crippen LogP contribution in [0.1, 0.15) is 72.4 Å². The number of fused-ring (bicyclic) bond motifs is 1. The lowest BCUT2D eigenvalue weighted by Gasteiger charge is -2.15. The van der Waals surface area contributed by atoms with Crippen molar-refractivity contribution in [2.75, 3.05) is 5.75 Å². The van der Waals surface area contributed by atoms with Crippen LogP contribution in [0.5, 0.6) is 0 Å². The first-order valence-corrected chi connectivity index (χ1v) is 10.3. The van der Waals surface area contributed by atoms with Crippen molar-refractivity contribution < 1.29 is 4.79 Å². The quantitative estimate of drug-likeness (QED) is 0.445. The summed E-state index contributed by atoms with van der Waals surface area (Å²) in [5.41, 5.74) is 5.12. The van der Waals surface area contributed by atoms with Crippen LogP contribution in [0, 0.1) is 13.8 Å². The SMILES string of the molecule is Cc1cc(C)n2c(SCC(=O)c3ccc(C(C)C)cc3C(C)C)nnc2n1. The van der Waals surface area contributed by atoms with Gasteiger partial charge in [-0.1, -0.05) is 57.7 Å². The molecule has 0 spiro atoms. The van der Waals surface area contributed by atoms with Gasteiger partial charge in [0.2, 0.25) is 0 Å². The second-order valence-corrected chi connectivity index (χ2v) is 8.47. The van der Waals surface area contributed by atoms with Crippen molar-refractivity contribution in [3.63, 3.8) is 0 Å². The second kappa shape index (κ2) is 7.80. The first-order chi connectivity index (χ1) is 12.8. The summed E-state index contributed by atoms with van der Waals surface area (Å²) in [6.45, 7) is 12.5. The lowest BCUT2D eigenvalue weighted by molar-refractivity contribution is 0.102. The molecule has 6 heteroatoms. The first-order valence-electron chi connectivity index (χ1n) is 9.27. The summed E-state index contributed by atoms with van der Waals surface area (Å²) in [7, 11) is 0. The smallest absolute Gasteiger partial charge is 0.256 e. The molecule has 142 valence electrons. The number of hydrogen-bond donors (Lipinski definition) is 0. The highest BCUT2D eigenvalue weighted by Crippen LogP contribution is 2.27. The number of aromatic nitrogens is 4. The second-order valence-electron chi connectivity index (χ2n) is 7.52. The van der Waals surface area contributed by atoms with Gasteiger partial charge in [0, 0.05) is 17.0 Å². The van der Waals surface area contributed by atoms with E-state index >= 15 is 0 Å². The molecule has 2 aromatic heterocycles. The molecule has 0 unspecified atom stereocenters. The Morgan fingerprint density at radius 1 is 1.07 bits per heavy atom. The van der Waals surface area contributed by atoms with Gasteiger partial charge in [-0.25, -0.2) is 4.98 Å². The summed E-state index contributed by atoms with van der Waals surface area (Å²) in [5, 5.41) is 9.06. The van der Waals surface area contributed by atoms with Gasteiger partial charge >= 0.3 is 0 Å². The Labute approximate surface area is 164 Å². The van der Waals surface area contributed by atoms with E-state index in [9.17, 15) is 4.79 Å². The number of thioether (sulfide) groups is 1. The Hall–Kier alpha value is -2.21. The van der Waals surface area contributed by atoms with Crippen LogP contribution in [0.3, 0.4) is 0 Å².